The third-order valence-corrected chi connectivity index (χ3v) is 4.92. The molecule has 1 aromatic carbocycles. The minimum Gasteiger partial charge on any atom is -0.497 e. The van der Waals surface area contributed by atoms with Gasteiger partial charge in [0.15, 0.2) is 0 Å². The van der Waals surface area contributed by atoms with Crippen molar-refractivity contribution < 1.29 is 14.3 Å². The molecular formula is C18H24N2O3. The molecule has 124 valence electrons. The lowest BCUT2D eigenvalue weighted by atomic mass is 10.1. The Balaban J connectivity index is 1.51. The Morgan fingerprint density at radius 2 is 1.96 bits per heavy atom. The Labute approximate surface area is 137 Å². The van der Waals surface area contributed by atoms with Crippen LogP contribution in [0.4, 0.5) is 0 Å². The van der Waals surface area contributed by atoms with Gasteiger partial charge < -0.3 is 15.0 Å². The van der Waals surface area contributed by atoms with Gasteiger partial charge in [0.05, 0.1) is 13.0 Å². The van der Waals surface area contributed by atoms with Crippen molar-refractivity contribution in [1.29, 1.82) is 0 Å². The summed E-state index contributed by atoms with van der Waals surface area (Å²) in [5.41, 5.74) is 1.02. The quantitative estimate of drug-likeness (QED) is 0.905. The third kappa shape index (κ3) is 3.66. The summed E-state index contributed by atoms with van der Waals surface area (Å²) >= 11 is 0. The highest BCUT2D eigenvalue weighted by Crippen LogP contribution is 2.29. The molecule has 0 bridgehead atoms. The molecule has 2 aliphatic rings. The maximum absolute atomic E-state index is 12.3. The van der Waals surface area contributed by atoms with Crippen molar-refractivity contribution in [2.24, 2.45) is 5.92 Å². The van der Waals surface area contributed by atoms with Crippen LogP contribution in [0, 0.1) is 5.92 Å². The van der Waals surface area contributed by atoms with E-state index < -0.39 is 0 Å². The van der Waals surface area contributed by atoms with E-state index in [1.165, 1.54) is 12.8 Å². The smallest absolute Gasteiger partial charge is 0.225 e. The van der Waals surface area contributed by atoms with Gasteiger partial charge in [0.25, 0.3) is 0 Å². The predicted molar refractivity (Wildman–Crippen MR) is 86.9 cm³/mol. The Morgan fingerprint density at radius 1 is 1.26 bits per heavy atom. The molecule has 0 unspecified atom stereocenters. The topological polar surface area (TPSA) is 58.6 Å². The molecule has 2 amide bonds. The minimum atomic E-state index is -0.207. The fourth-order valence-electron chi connectivity index (χ4n) is 3.55. The van der Waals surface area contributed by atoms with E-state index in [2.05, 4.69) is 5.32 Å². The van der Waals surface area contributed by atoms with E-state index in [4.69, 9.17) is 4.74 Å². The molecule has 0 aromatic heterocycles. The van der Waals surface area contributed by atoms with Crippen LogP contribution in [0.25, 0.3) is 0 Å². The van der Waals surface area contributed by atoms with E-state index in [0.717, 1.165) is 24.2 Å². The number of benzene rings is 1. The molecule has 1 saturated carbocycles. The Bertz CT molecular complexity index is 564. The van der Waals surface area contributed by atoms with Crippen molar-refractivity contribution >= 4 is 11.8 Å². The second kappa shape index (κ2) is 7.02. The summed E-state index contributed by atoms with van der Waals surface area (Å²) in [5, 5.41) is 2.95. The highest BCUT2D eigenvalue weighted by atomic mass is 16.5. The van der Waals surface area contributed by atoms with Gasteiger partial charge in [-0.1, -0.05) is 25.0 Å². The Hall–Kier alpha value is -2.04. The first kappa shape index (κ1) is 15.8. The molecule has 1 aliphatic carbocycles. The molecule has 1 heterocycles. The number of hydrogen-bond donors (Lipinski definition) is 1. The molecule has 23 heavy (non-hydrogen) atoms. The number of likely N-dealkylation sites (tertiary alicyclic amines) is 1. The number of hydrogen-bond acceptors (Lipinski definition) is 3. The average molecular weight is 316 g/mol. The summed E-state index contributed by atoms with van der Waals surface area (Å²) in [6.45, 7) is 1.06. The van der Waals surface area contributed by atoms with E-state index in [1.807, 2.05) is 29.2 Å². The molecule has 1 saturated heterocycles. The number of carbonyl (C=O) groups is 2. The Morgan fingerprint density at radius 3 is 2.61 bits per heavy atom. The number of carbonyl (C=O) groups excluding carboxylic acids is 2. The van der Waals surface area contributed by atoms with Crippen molar-refractivity contribution in [2.45, 2.75) is 44.7 Å². The molecule has 2 fully saturated rings. The van der Waals surface area contributed by atoms with Crippen LogP contribution in [-0.2, 0) is 16.1 Å². The van der Waals surface area contributed by atoms with Gasteiger partial charge in [0, 0.05) is 25.6 Å². The maximum Gasteiger partial charge on any atom is 0.225 e. The molecule has 5 nitrogen and oxygen atoms in total. The first-order valence-electron chi connectivity index (χ1n) is 8.37. The fraction of sp³-hybridized carbons (Fsp3) is 0.556. The lowest BCUT2D eigenvalue weighted by Gasteiger charge is -2.23. The summed E-state index contributed by atoms with van der Waals surface area (Å²) in [6, 6.07) is 7.99. The molecule has 1 atom stereocenters. The number of methoxy groups -OCH3 is 1. The SMILES string of the molecule is COc1ccc(CNC(=O)[C@@H]2CC(=O)N(C3CCCC3)C2)cc1. The van der Waals surface area contributed by atoms with Crippen LogP contribution in [0.5, 0.6) is 5.75 Å². The molecule has 1 N–H and O–H groups in total. The first-order chi connectivity index (χ1) is 11.2. The fourth-order valence-corrected chi connectivity index (χ4v) is 3.55. The molecular weight excluding hydrogens is 292 g/mol. The zero-order valence-electron chi connectivity index (χ0n) is 13.6. The highest BCUT2D eigenvalue weighted by Gasteiger charge is 2.38. The number of ether oxygens (including phenoxy) is 1. The largest absolute Gasteiger partial charge is 0.497 e. The van der Waals surface area contributed by atoms with Crippen LogP contribution < -0.4 is 10.1 Å². The van der Waals surface area contributed by atoms with Crippen LogP contribution in [0.3, 0.4) is 0 Å². The molecule has 1 aliphatic heterocycles. The molecule has 0 spiro atoms. The highest BCUT2D eigenvalue weighted by molar-refractivity contribution is 5.89. The number of rotatable bonds is 5. The number of nitrogens with zero attached hydrogens (tertiary/aromatic N) is 1. The Kier molecular flexibility index (Phi) is 4.84. The van der Waals surface area contributed by atoms with E-state index in [1.54, 1.807) is 7.11 Å². The summed E-state index contributed by atoms with van der Waals surface area (Å²) in [7, 11) is 1.63. The van der Waals surface area contributed by atoms with Gasteiger partial charge in [-0.05, 0) is 30.5 Å². The second-order valence-electron chi connectivity index (χ2n) is 6.45. The lowest BCUT2D eigenvalue weighted by molar-refractivity contribution is -0.130. The number of nitrogens with one attached hydrogen (secondary N) is 1. The zero-order valence-corrected chi connectivity index (χ0v) is 13.6. The van der Waals surface area contributed by atoms with Gasteiger partial charge in [-0.25, -0.2) is 0 Å². The van der Waals surface area contributed by atoms with Crippen LogP contribution in [0.15, 0.2) is 24.3 Å². The molecule has 3 rings (SSSR count). The van der Waals surface area contributed by atoms with Crippen molar-refractivity contribution in [1.82, 2.24) is 10.2 Å². The van der Waals surface area contributed by atoms with Gasteiger partial charge in [-0.2, -0.15) is 0 Å². The van der Waals surface area contributed by atoms with Crippen LogP contribution in [0.1, 0.15) is 37.7 Å². The van der Waals surface area contributed by atoms with E-state index in [0.29, 0.717) is 25.6 Å². The third-order valence-electron chi connectivity index (χ3n) is 4.92. The molecule has 5 heteroatoms. The first-order valence-corrected chi connectivity index (χ1v) is 8.37. The van der Waals surface area contributed by atoms with Crippen molar-refractivity contribution in [2.75, 3.05) is 13.7 Å². The molecule has 0 radical (unpaired) electrons. The normalized spacial score (nSPS) is 21.7. The average Bonchev–Trinajstić information content (AvgIpc) is 3.22. The summed E-state index contributed by atoms with van der Waals surface area (Å²) in [4.78, 5) is 26.4. The van der Waals surface area contributed by atoms with E-state index in [-0.39, 0.29) is 17.7 Å². The minimum absolute atomic E-state index is 0.0188. The maximum atomic E-state index is 12.3. The monoisotopic (exact) mass is 316 g/mol. The van der Waals surface area contributed by atoms with Crippen molar-refractivity contribution in [3.8, 4) is 5.75 Å². The number of amides is 2. The van der Waals surface area contributed by atoms with Crippen molar-refractivity contribution in [3.05, 3.63) is 29.8 Å². The summed E-state index contributed by atoms with van der Waals surface area (Å²) in [5.74, 6) is 0.714. The van der Waals surface area contributed by atoms with Crippen LogP contribution >= 0.6 is 0 Å². The van der Waals surface area contributed by atoms with Gasteiger partial charge in [0.2, 0.25) is 11.8 Å². The summed E-state index contributed by atoms with van der Waals surface area (Å²) in [6.07, 6.45) is 4.92. The van der Waals surface area contributed by atoms with Gasteiger partial charge >= 0.3 is 0 Å². The molecule has 1 aromatic rings. The second-order valence-corrected chi connectivity index (χ2v) is 6.45. The lowest BCUT2D eigenvalue weighted by Crippen LogP contribution is -2.36. The van der Waals surface area contributed by atoms with Gasteiger partial charge in [-0.15, -0.1) is 0 Å². The predicted octanol–water partition coefficient (Wildman–Crippen LogP) is 2.10. The summed E-state index contributed by atoms with van der Waals surface area (Å²) < 4.78 is 5.12. The van der Waals surface area contributed by atoms with Gasteiger partial charge in [0.1, 0.15) is 5.75 Å². The van der Waals surface area contributed by atoms with E-state index in [9.17, 15) is 9.59 Å². The van der Waals surface area contributed by atoms with Gasteiger partial charge in [-0.3, -0.25) is 9.59 Å². The van der Waals surface area contributed by atoms with Crippen LogP contribution in [-0.4, -0.2) is 36.4 Å². The van der Waals surface area contributed by atoms with E-state index >= 15 is 0 Å². The standard InChI is InChI=1S/C18H24N2O3/c1-23-16-8-6-13(7-9-16)11-19-18(22)14-10-17(21)20(12-14)15-4-2-3-5-15/h6-9,14-15H,2-5,10-12H2,1H3,(H,19,22)/t14-/m1/s1. The van der Waals surface area contributed by atoms with Crippen LogP contribution in [0.2, 0.25) is 0 Å². The van der Waals surface area contributed by atoms with Crippen molar-refractivity contribution in [3.63, 3.8) is 0 Å². The zero-order chi connectivity index (χ0) is 16.2.